The Kier molecular flexibility index (Phi) is 3.85. The van der Waals surface area contributed by atoms with Crippen LogP contribution in [0.15, 0.2) is 36.7 Å². The number of hydrogen-bond donors (Lipinski definition) is 1. The van der Waals surface area contributed by atoms with Crippen molar-refractivity contribution in [3.8, 4) is 5.69 Å². The number of nitrogens with zero attached hydrogens (tertiary/aromatic N) is 2. The summed E-state index contributed by atoms with van der Waals surface area (Å²) < 4.78 is 1.89. The molecule has 1 fully saturated rings. The lowest BCUT2D eigenvalue weighted by Crippen LogP contribution is -2.35. The third kappa shape index (κ3) is 3.17. The molecule has 1 aromatic heterocycles. The van der Waals surface area contributed by atoms with Gasteiger partial charge in [0.2, 0.25) is 0 Å². The first-order valence-corrected chi connectivity index (χ1v) is 7.22. The summed E-state index contributed by atoms with van der Waals surface area (Å²) in [5.74, 6) is 0. The second kappa shape index (κ2) is 5.76. The van der Waals surface area contributed by atoms with Crippen molar-refractivity contribution in [1.82, 2.24) is 15.1 Å². The van der Waals surface area contributed by atoms with Crippen LogP contribution >= 0.6 is 11.6 Å². The van der Waals surface area contributed by atoms with Crippen LogP contribution in [-0.2, 0) is 6.42 Å². The fourth-order valence-electron chi connectivity index (χ4n) is 2.61. The smallest absolute Gasteiger partial charge is 0.0660 e. The molecular weight excluding hydrogens is 258 g/mol. The maximum Gasteiger partial charge on any atom is 0.0660 e. The Morgan fingerprint density at radius 3 is 3.11 bits per heavy atom. The van der Waals surface area contributed by atoms with E-state index in [0.717, 1.165) is 23.7 Å². The van der Waals surface area contributed by atoms with Gasteiger partial charge in [0.15, 0.2) is 0 Å². The highest BCUT2D eigenvalue weighted by Crippen LogP contribution is 2.16. The predicted octanol–water partition coefficient (Wildman–Crippen LogP) is 3.21. The van der Waals surface area contributed by atoms with Gasteiger partial charge in [0, 0.05) is 17.3 Å². The fraction of sp³-hybridized carbons (Fsp3) is 0.400. The van der Waals surface area contributed by atoms with Crippen molar-refractivity contribution in [2.75, 3.05) is 6.54 Å². The second-order valence-corrected chi connectivity index (χ2v) is 5.56. The minimum atomic E-state index is 0.603. The molecule has 3 nitrogen and oxygen atoms in total. The molecule has 0 saturated carbocycles. The lowest BCUT2D eigenvalue weighted by atomic mass is 10.00. The first-order chi connectivity index (χ1) is 9.31. The Morgan fingerprint density at radius 1 is 1.37 bits per heavy atom. The summed E-state index contributed by atoms with van der Waals surface area (Å²) >= 11 is 6.01. The molecule has 2 heterocycles. The molecule has 4 heteroatoms. The number of halogens is 1. The van der Waals surface area contributed by atoms with Crippen LogP contribution in [0.2, 0.25) is 5.02 Å². The monoisotopic (exact) mass is 275 g/mol. The molecule has 1 aliphatic heterocycles. The van der Waals surface area contributed by atoms with Gasteiger partial charge >= 0.3 is 0 Å². The van der Waals surface area contributed by atoms with Crippen LogP contribution in [0.25, 0.3) is 5.69 Å². The standard InChI is InChI=1S/C15H18ClN3/c16-13-4-3-6-15(9-13)19-11-12(10-18-19)8-14-5-1-2-7-17-14/h3-4,6,9-11,14,17H,1-2,5,7-8H2. The van der Waals surface area contributed by atoms with Gasteiger partial charge in [-0.05, 0) is 49.6 Å². The van der Waals surface area contributed by atoms with E-state index >= 15 is 0 Å². The number of aromatic nitrogens is 2. The Hall–Kier alpha value is -1.32. The molecule has 1 atom stereocenters. The van der Waals surface area contributed by atoms with E-state index in [-0.39, 0.29) is 0 Å². The van der Waals surface area contributed by atoms with Crippen LogP contribution in [0.4, 0.5) is 0 Å². The summed E-state index contributed by atoms with van der Waals surface area (Å²) in [4.78, 5) is 0. The van der Waals surface area contributed by atoms with Gasteiger partial charge in [0.05, 0.1) is 11.9 Å². The SMILES string of the molecule is Clc1cccc(-n2cc(CC3CCCCN3)cn2)c1. The van der Waals surface area contributed by atoms with Crippen LogP contribution in [0, 0.1) is 0 Å². The number of nitrogens with one attached hydrogen (secondary N) is 1. The molecular formula is C15H18ClN3. The summed E-state index contributed by atoms with van der Waals surface area (Å²) in [7, 11) is 0. The minimum Gasteiger partial charge on any atom is -0.314 e. The summed E-state index contributed by atoms with van der Waals surface area (Å²) in [6, 6.07) is 8.37. The first kappa shape index (κ1) is 12.7. The van der Waals surface area contributed by atoms with E-state index in [2.05, 4.69) is 16.6 Å². The van der Waals surface area contributed by atoms with E-state index < -0.39 is 0 Å². The number of piperidine rings is 1. The number of benzene rings is 1. The van der Waals surface area contributed by atoms with E-state index in [0.29, 0.717) is 6.04 Å². The summed E-state index contributed by atoms with van der Waals surface area (Å²) in [6.45, 7) is 1.15. The maximum atomic E-state index is 6.01. The summed E-state index contributed by atoms with van der Waals surface area (Å²) in [6.07, 6.45) is 9.01. The van der Waals surface area contributed by atoms with Crippen molar-refractivity contribution in [3.05, 3.63) is 47.2 Å². The van der Waals surface area contributed by atoms with Crippen molar-refractivity contribution >= 4 is 11.6 Å². The zero-order chi connectivity index (χ0) is 13.1. The molecule has 0 bridgehead atoms. The van der Waals surface area contributed by atoms with Gasteiger partial charge in [0.25, 0.3) is 0 Å². The van der Waals surface area contributed by atoms with Crippen molar-refractivity contribution < 1.29 is 0 Å². The molecule has 1 aromatic carbocycles. The Labute approximate surface area is 118 Å². The normalized spacial score (nSPS) is 19.5. The number of hydrogen-bond acceptors (Lipinski definition) is 2. The van der Waals surface area contributed by atoms with Crippen molar-refractivity contribution in [2.45, 2.75) is 31.7 Å². The van der Waals surface area contributed by atoms with E-state index in [1.807, 2.05) is 35.1 Å². The van der Waals surface area contributed by atoms with Crippen LogP contribution in [0.1, 0.15) is 24.8 Å². The van der Waals surface area contributed by atoms with E-state index in [4.69, 9.17) is 11.6 Å². The van der Waals surface area contributed by atoms with Crippen LogP contribution in [-0.4, -0.2) is 22.4 Å². The Morgan fingerprint density at radius 2 is 2.32 bits per heavy atom. The minimum absolute atomic E-state index is 0.603. The maximum absolute atomic E-state index is 6.01. The second-order valence-electron chi connectivity index (χ2n) is 5.12. The zero-order valence-electron chi connectivity index (χ0n) is 10.8. The molecule has 1 aliphatic rings. The Balaban J connectivity index is 1.72. The van der Waals surface area contributed by atoms with Crippen molar-refractivity contribution in [1.29, 1.82) is 0 Å². The van der Waals surface area contributed by atoms with E-state index in [1.165, 1.54) is 24.8 Å². The topological polar surface area (TPSA) is 29.9 Å². The van der Waals surface area contributed by atoms with Crippen LogP contribution < -0.4 is 5.32 Å². The molecule has 3 rings (SSSR count). The highest BCUT2D eigenvalue weighted by Gasteiger charge is 2.14. The molecule has 100 valence electrons. The van der Waals surface area contributed by atoms with E-state index in [1.54, 1.807) is 0 Å². The van der Waals surface area contributed by atoms with Gasteiger partial charge in [-0.15, -0.1) is 0 Å². The highest BCUT2D eigenvalue weighted by atomic mass is 35.5. The average molecular weight is 276 g/mol. The summed E-state index contributed by atoms with van der Waals surface area (Å²) in [5, 5.41) is 8.73. The summed E-state index contributed by atoms with van der Waals surface area (Å²) in [5.41, 5.74) is 2.29. The van der Waals surface area contributed by atoms with Gasteiger partial charge in [-0.25, -0.2) is 4.68 Å². The van der Waals surface area contributed by atoms with E-state index in [9.17, 15) is 0 Å². The van der Waals surface area contributed by atoms with Crippen molar-refractivity contribution in [3.63, 3.8) is 0 Å². The molecule has 19 heavy (non-hydrogen) atoms. The van der Waals surface area contributed by atoms with Gasteiger partial charge in [-0.3, -0.25) is 0 Å². The Bertz CT molecular complexity index is 544. The fourth-order valence-corrected chi connectivity index (χ4v) is 2.79. The highest BCUT2D eigenvalue weighted by molar-refractivity contribution is 6.30. The predicted molar refractivity (Wildman–Crippen MR) is 77.9 cm³/mol. The zero-order valence-corrected chi connectivity index (χ0v) is 11.6. The van der Waals surface area contributed by atoms with Gasteiger partial charge in [-0.2, -0.15) is 5.10 Å². The average Bonchev–Trinajstić information content (AvgIpc) is 2.88. The third-order valence-corrected chi connectivity index (χ3v) is 3.84. The molecule has 0 radical (unpaired) electrons. The van der Waals surface area contributed by atoms with Gasteiger partial charge < -0.3 is 5.32 Å². The molecule has 1 N–H and O–H groups in total. The lowest BCUT2D eigenvalue weighted by Gasteiger charge is -2.22. The van der Waals surface area contributed by atoms with Crippen LogP contribution in [0.5, 0.6) is 0 Å². The van der Waals surface area contributed by atoms with Crippen LogP contribution in [0.3, 0.4) is 0 Å². The van der Waals surface area contributed by atoms with Gasteiger partial charge in [0.1, 0.15) is 0 Å². The lowest BCUT2D eigenvalue weighted by molar-refractivity contribution is 0.399. The quantitative estimate of drug-likeness (QED) is 0.932. The molecule has 0 amide bonds. The van der Waals surface area contributed by atoms with Crippen molar-refractivity contribution in [2.24, 2.45) is 0 Å². The molecule has 1 saturated heterocycles. The largest absolute Gasteiger partial charge is 0.314 e. The number of rotatable bonds is 3. The third-order valence-electron chi connectivity index (χ3n) is 3.60. The molecule has 2 aromatic rings. The molecule has 1 unspecified atom stereocenters. The molecule has 0 aliphatic carbocycles. The molecule has 0 spiro atoms. The first-order valence-electron chi connectivity index (χ1n) is 6.84. The van der Waals surface area contributed by atoms with Gasteiger partial charge in [-0.1, -0.05) is 24.1 Å².